The Labute approximate surface area is 238 Å². The zero-order valence-corrected chi connectivity index (χ0v) is 24.3. The summed E-state index contributed by atoms with van der Waals surface area (Å²) >= 11 is 0.600. The number of halogens is 3. The number of hydrogen-bond acceptors (Lipinski definition) is 9. The third-order valence-electron chi connectivity index (χ3n) is 5.90. The molecule has 0 aliphatic carbocycles. The van der Waals surface area contributed by atoms with Gasteiger partial charge in [-0.1, -0.05) is 20.8 Å². The summed E-state index contributed by atoms with van der Waals surface area (Å²) in [6.07, 6.45) is 0.00631. The van der Waals surface area contributed by atoms with Crippen LogP contribution in [0.2, 0.25) is 0 Å². The smallest absolute Gasteiger partial charge is 0.413 e. The Kier molecular flexibility index (Phi) is 9.99. The van der Waals surface area contributed by atoms with Crippen molar-refractivity contribution in [3.63, 3.8) is 0 Å². The number of ether oxygens (including phenoxy) is 1. The molecule has 0 aliphatic rings. The van der Waals surface area contributed by atoms with Gasteiger partial charge in [-0.3, -0.25) is 4.79 Å². The molecule has 0 bridgehead atoms. The number of nitrogens with one attached hydrogen (secondary N) is 2. The molecule has 0 aliphatic heterocycles. The maximum absolute atomic E-state index is 14.0. The minimum atomic E-state index is -4.92. The van der Waals surface area contributed by atoms with Crippen LogP contribution < -0.4 is 10.6 Å². The molecule has 41 heavy (non-hydrogen) atoms. The van der Waals surface area contributed by atoms with E-state index in [-0.39, 0.29) is 26.7 Å². The lowest BCUT2D eigenvalue weighted by Crippen LogP contribution is -2.43. The molecule has 0 radical (unpaired) electrons. The van der Waals surface area contributed by atoms with Gasteiger partial charge in [0.15, 0.2) is 16.7 Å². The van der Waals surface area contributed by atoms with Crippen LogP contribution in [-0.2, 0) is 19.6 Å². The van der Waals surface area contributed by atoms with Gasteiger partial charge in [0.2, 0.25) is 5.91 Å². The van der Waals surface area contributed by atoms with E-state index >= 15 is 0 Å². The maximum atomic E-state index is 14.0. The van der Waals surface area contributed by atoms with Crippen molar-refractivity contribution < 1.29 is 41.0 Å². The van der Waals surface area contributed by atoms with Crippen LogP contribution in [0.25, 0.3) is 5.65 Å². The first-order valence-electron chi connectivity index (χ1n) is 12.3. The highest BCUT2D eigenvalue weighted by atomic mass is 32.2. The van der Waals surface area contributed by atoms with Gasteiger partial charge in [0, 0.05) is 34.9 Å². The molecule has 12 nitrogen and oxygen atoms in total. The molecule has 0 spiro atoms. The van der Waals surface area contributed by atoms with E-state index in [1.807, 2.05) is 31.4 Å². The molecule has 0 saturated carbocycles. The molecule has 3 N–H and O–H groups in total. The van der Waals surface area contributed by atoms with Gasteiger partial charge >= 0.3 is 12.3 Å². The summed E-state index contributed by atoms with van der Waals surface area (Å²) < 4.78 is 76.3. The van der Waals surface area contributed by atoms with Crippen LogP contribution in [0.3, 0.4) is 0 Å². The molecule has 0 aromatic carbocycles. The largest absolute Gasteiger partial charge is 0.453 e. The van der Waals surface area contributed by atoms with Crippen molar-refractivity contribution in [1.82, 2.24) is 29.3 Å². The molecule has 17 heteroatoms. The van der Waals surface area contributed by atoms with Crippen molar-refractivity contribution in [2.75, 3.05) is 26.8 Å². The minimum Gasteiger partial charge on any atom is -0.453 e. The molecule has 2 amide bonds. The summed E-state index contributed by atoms with van der Waals surface area (Å²) in [6.45, 7) is 4.14. The molecule has 2 atom stereocenters. The van der Waals surface area contributed by atoms with E-state index in [9.17, 15) is 36.3 Å². The number of fused-ring (bicyclic) bond motifs is 1. The van der Waals surface area contributed by atoms with Gasteiger partial charge < -0.3 is 24.9 Å². The zero-order valence-electron chi connectivity index (χ0n) is 22.7. The third kappa shape index (κ3) is 8.15. The molecule has 0 saturated heterocycles. The van der Waals surface area contributed by atoms with Gasteiger partial charge in [0.25, 0.3) is 10.0 Å². The van der Waals surface area contributed by atoms with Crippen molar-refractivity contribution in [3.05, 3.63) is 46.7 Å². The predicted molar refractivity (Wildman–Crippen MR) is 142 cm³/mol. The molecule has 1 unspecified atom stereocenters. The summed E-state index contributed by atoms with van der Waals surface area (Å²) in [5, 5.41) is 13.9. The lowest BCUT2D eigenvalue weighted by Gasteiger charge is -2.31. The van der Waals surface area contributed by atoms with Crippen molar-refractivity contribution in [2.24, 2.45) is 5.41 Å². The van der Waals surface area contributed by atoms with Gasteiger partial charge in [-0.15, -0.1) is 11.3 Å². The number of aliphatic hydroxyl groups excluding tert-OH is 1. The zero-order chi connectivity index (χ0) is 30.6. The summed E-state index contributed by atoms with van der Waals surface area (Å²) in [5.74, 6) is -1.12. The number of methoxy groups -OCH3 is 1. The highest BCUT2D eigenvalue weighted by Gasteiger charge is 2.43. The summed E-state index contributed by atoms with van der Waals surface area (Å²) in [5.41, 5.74) is 0.0915. The maximum Gasteiger partial charge on any atom is 0.413 e. The van der Waals surface area contributed by atoms with Crippen LogP contribution in [0, 0.1) is 5.41 Å². The Morgan fingerprint density at radius 2 is 1.88 bits per heavy atom. The lowest BCUT2D eigenvalue weighted by atomic mass is 9.92. The number of imidazole rings is 1. The van der Waals surface area contributed by atoms with Crippen LogP contribution in [0.5, 0.6) is 0 Å². The van der Waals surface area contributed by atoms with Crippen molar-refractivity contribution in [1.29, 1.82) is 0 Å². The first-order valence-corrected chi connectivity index (χ1v) is 14.5. The van der Waals surface area contributed by atoms with Gasteiger partial charge in [0.1, 0.15) is 6.54 Å². The van der Waals surface area contributed by atoms with E-state index < -0.39 is 53.4 Å². The molecule has 3 aromatic heterocycles. The second-order valence-electron chi connectivity index (χ2n) is 10.2. The van der Waals surface area contributed by atoms with E-state index in [1.54, 1.807) is 0 Å². The number of rotatable bonds is 11. The first-order chi connectivity index (χ1) is 19.1. The SMILES string of the molecule is COC(=O)NCC(=O)N[C@H](c1ccc(C(CO)N(CCC(C)(C)C)S(=O)(=O)c2cn3ccnc3cn2)s1)C(F)(F)F. The monoisotopic (exact) mass is 620 g/mol. The van der Waals surface area contributed by atoms with Crippen molar-refractivity contribution in [3.8, 4) is 0 Å². The first kappa shape index (κ1) is 32.2. The van der Waals surface area contributed by atoms with Gasteiger partial charge in [-0.25, -0.2) is 23.2 Å². The van der Waals surface area contributed by atoms with Crippen LogP contribution in [0.15, 0.2) is 41.9 Å². The molecular formula is C24H31F3N6O6S2. The number of nitrogens with zero attached hydrogens (tertiary/aromatic N) is 4. The molecule has 3 rings (SSSR count). The highest BCUT2D eigenvalue weighted by Crippen LogP contribution is 2.40. The number of alkyl carbamates (subject to hydrolysis) is 1. The third-order valence-corrected chi connectivity index (χ3v) is 8.95. The van der Waals surface area contributed by atoms with Gasteiger partial charge in [0.05, 0.1) is 26.0 Å². The summed E-state index contributed by atoms with van der Waals surface area (Å²) in [7, 11) is -3.32. The number of thiophene rings is 1. The number of aliphatic hydroxyl groups is 1. The number of amides is 2. The number of hydrogen-bond donors (Lipinski definition) is 3. The van der Waals surface area contributed by atoms with Gasteiger partial charge in [-0.2, -0.15) is 17.5 Å². The molecular weight excluding hydrogens is 589 g/mol. The number of carbonyl (C=O) groups excluding carboxylic acids is 2. The molecule has 226 valence electrons. The Hall–Kier alpha value is -3.28. The van der Waals surface area contributed by atoms with Crippen LogP contribution >= 0.6 is 11.3 Å². The standard InChI is InChI=1S/C24H31F3N6O6S2/c1-23(2,3)7-9-33(41(37,38)20-13-32-10-8-28-18(32)11-29-20)15(14-34)16-5-6-17(40-16)21(24(25,26)27)31-19(35)12-30-22(36)39-4/h5-6,8,10-11,13,15,21,34H,7,9,12,14H2,1-4H3,(H,30,36)(H,31,35)/t15?,21-/m1/s1. The molecule has 0 fully saturated rings. The molecule has 3 heterocycles. The minimum absolute atomic E-state index is 0.0629. The fraction of sp³-hybridized carbons (Fsp3) is 0.500. The van der Waals surface area contributed by atoms with E-state index in [0.29, 0.717) is 23.4 Å². The topological polar surface area (TPSA) is 155 Å². The average Bonchev–Trinajstić information content (AvgIpc) is 3.56. The van der Waals surface area contributed by atoms with Crippen molar-refractivity contribution >= 4 is 39.0 Å². The Balaban J connectivity index is 1.97. The van der Waals surface area contributed by atoms with Crippen molar-refractivity contribution in [2.45, 2.75) is 50.5 Å². The second kappa shape index (κ2) is 12.7. The normalized spacial score (nSPS) is 14.2. The van der Waals surface area contributed by atoms with E-state index in [2.05, 4.69) is 14.7 Å². The van der Waals surface area contributed by atoms with Crippen LogP contribution in [-0.4, -0.2) is 77.2 Å². The molecule has 3 aromatic rings. The summed E-state index contributed by atoms with van der Waals surface area (Å²) in [4.78, 5) is 31.2. The Bertz CT molecular complexity index is 1470. The number of aromatic nitrogens is 3. The second-order valence-corrected chi connectivity index (χ2v) is 13.2. The Morgan fingerprint density at radius 3 is 2.49 bits per heavy atom. The van der Waals surface area contributed by atoms with Crippen LogP contribution in [0.1, 0.15) is 49.0 Å². The highest BCUT2D eigenvalue weighted by molar-refractivity contribution is 7.89. The number of sulfonamides is 1. The fourth-order valence-corrected chi connectivity index (χ4v) is 6.51. The lowest BCUT2D eigenvalue weighted by molar-refractivity contribution is -0.162. The Morgan fingerprint density at radius 1 is 1.20 bits per heavy atom. The fourth-order valence-electron chi connectivity index (χ4n) is 3.73. The quantitative estimate of drug-likeness (QED) is 0.296. The summed E-state index contributed by atoms with van der Waals surface area (Å²) in [6, 6.07) is -1.30. The van der Waals surface area contributed by atoms with Gasteiger partial charge in [-0.05, 0) is 24.0 Å². The van der Waals surface area contributed by atoms with E-state index in [1.165, 1.54) is 35.3 Å². The average molecular weight is 621 g/mol. The number of carbonyl (C=O) groups is 2. The van der Waals surface area contributed by atoms with Crippen LogP contribution in [0.4, 0.5) is 18.0 Å². The predicted octanol–water partition coefficient (Wildman–Crippen LogP) is 3.03. The van der Waals surface area contributed by atoms with E-state index in [0.717, 1.165) is 17.5 Å². The number of alkyl halides is 3. The van der Waals surface area contributed by atoms with E-state index in [4.69, 9.17) is 0 Å².